The summed E-state index contributed by atoms with van der Waals surface area (Å²) in [6.07, 6.45) is 7.59. The van der Waals surface area contributed by atoms with Gasteiger partial charge in [-0.2, -0.15) is 5.10 Å². The Morgan fingerprint density at radius 3 is 2.90 bits per heavy atom. The van der Waals surface area contributed by atoms with Crippen molar-refractivity contribution in [1.29, 1.82) is 0 Å². The van der Waals surface area contributed by atoms with Gasteiger partial charge in [-0.25, -0.2) is 0 Å². The summed E-state index contributed by atoms with van der Waals surface area (Å²) >= 11 is 0. The van der Waals surface area contributed by atoms with Gasteiger partial charge >= 0.3 is 0 Å². The third-order valence-corrected chi connectivity index (χ3v) is 4.29. The Morgan fingerprint density at radius 2 is 2.24 bits per heavy atom. The first-order valence-electron chi connectivity index (χ1n) is 7.81. The van der Waals surface area contributed by atoms with Crippen molar-refractivity contribution in [3.63, 3.8) is 0 Å². The Bertz CT molecular complexity index is 528. The molecule has 21 heavy (non-hydrogen) atoms. The fourth-order valence-electron chi connectivity index (χ4n) is 3.02. The van der Waals surface area contributed by atoms with Crippen molar-refractivity contribution < 1.29 is 4.42 Å². The second-order valence-electron chi connectivity index (χ2n) is 5.78. The molecule has 114 valence electrons. The van der Waals surface area contributed by atoms with Gasteiger partial charge in [0.15, 0.2) is 0 Å². The maximum absolute atomic E-state index is 5.66. The minimum absolute atomic E-state index is 0.326. The van der Waals surface area contributed by atoms with Crippen LogP contribution in [0.3, 0.4) is 0 Å². The van der Waals surface area contributed by atoms with Crippen LogP contribution in [0.5, 0.6) is 0 Å². The second kappa shape index (κ2) is 6.91. The molecule has 1 aliphatic rings. The molecule has 3 rings (SSSR count). The molecule has 0 bridgehead atoms. The van der Waals surface area contributed by atoms with Gasteiger partial charge in [0.2, 0.25) is 0 Å². The molecule has 0 saturated carbocycles. The first kappa shape index (κ1) is 14.4. The van der Waals surface area contributed by atoms with E-state index >= 15 is 0 Å². The zero-order chi connectivity index (χ0) is 14.5. The van der Waals surface area contributed by atoms with Gasteiger partial charge in [0.25, 0.3) is 0 Å². The van der Waals surface area contributed by atoms with Crippen molar-refractivity contribution in [3.8, 4) is 0 Å². The molecule has 0 aromatic carbocycles. The first-order valence-corrected chi connectivity index (χ1v) is 7.81. The normalized spacial score (nSPS) is 18.0. The number of likely N-dealkylation sites (tertiary alicyclic amines) is 1. The zero-order valence-corrected chi connectivity index (χ0v) is 12.6. The Balaban J connectivity index is 1.61. The highest BCUT2D eigenvalue weighted by Gasteiger charge is 2.24. The molecule has 1 aliphatic heterocycles. The Labute approximate surface area is 125 Å². The molecular weight excluding hydrogens is 264 g/mol. The number of hydrogen-bond donors (Lipinski definition) is 2. The van der Waals surface area contributed by atoms with Crippen LogP contribution < -0.4 is 5.32 Å². The van der Waals surface area contributed by atoms with E-state index in [-0.39, 0.29) is 0 Å². The van der Waals surface area contributed by atoms with Gasteiger partial charge in [0.05, 0.1) is 18.5 Å². The molecule has 3 heterocycles. The van der Waals surface area contributed by atoms with E-state index in [9.17, 15) is 0 Å². The van der Waals surface area contributed by atoms with E-state index in [2.05, 4.69) is 33.4 Å². The van der Waals surface area contributed by atoms with Crippen molar-refractivity contribution in [2.45, 2.75) is 38.8 Å². The second-order valence-corrected chi connectivity index (χ2v) is 5.78. The Kier molecular flexibility index (Phi) is 4.72. The standard InChI is InChI=1S/C16H24N4O/c1-13-14(11-18-19-13)10-17-12-15(16-6-5-9-21-16)20-7-3-2-4-8-20/h5-6,9,11,15,17H,2-4,7-8,10,12H2,1H3,(H,18,19). The minimum Gasteiger partial charge on any atom is -0.468 e. The lowest BCUT2D eigenvalue weighted by atomic mass is 10.1. The SMILES string of the molecule is Cc1[nH]ncc1CNCC(c1ccco1)N1CCCCC1. The molecule has 0 spiro atoms. The topological polar surface area (TPSA) is 57.1 Å². The molecular formula is C16H24N4O. The molecule has 2 N–H and O–H groups in total. The molecule has 0 amide bonds. The van der Waals surface area contributed by atoms with Crippen LogP contribution >= 0.6 is 0 Å². The number of furan rings is 1. The Morgan fingerprint density at radius 1 is 1.38 bits per heavy atom. The number of rotatable bonds is 6. The number of nitrogens with one attached hydrogen (secondary N) is 2. The van der Waals surface area contributed by atoms with Crippen molar-refractivity contribution in [2.75, 3.05) is 19.6 Å². The fraction of sp³-hybridized carbons (Fsp3) is 0.562. The van der Waals surface area contributed by atoms with Gasteiger partial charge in [-0.1, -0.05) is 6.42 Å². The highest BCUT2D eigenvalue weighted by Crippen LogP contribution is 2.24. The van der Waals surface area contributed by atoms with Crippen molar-refractivity contribution in [3.05, 3.63) is 41.6 Å². The number of aryl methyl sites for hydroxylation is 1. The summed E-state index contributed by atoms with van der Waals surface area (Å²) in [6.45, 7) is 6.12. The van der Waals surface area contributed by atoms with Gasteiger partial charge in [-0.3, -0.25) is 10.00 Å². The third-order valence-electron chi connectivity index (χ3n) is 4.29. The number of aromatic amines is 1. The average molecular weight is 288 g/mol. The average Bonchev–Trinajstić information content (AvgIpc) is 3.17. The molecule has 2 aromatic heterocycles. The molecule has 1 unspecified atom stereocenters. The highest BCUT2D eigenvalue weighted by atomic mass is 16.3. The smallest absolute Gasteiger partial charge is 0.122 e. The van der Waals surface area contributed by atoms with Crippen LogP contribution in [0.25, 0.3) is 0 Å². The summed E-state index contributed by atoms with van der Waals surface area (Å²) in [5, 5.41) is 10.6. The van der Waals surface area contributed by atoms with Gasteiger partial charge in [0, 0.05) is 24.3 Å². The van der Waals surface area contributed by atoms with E-state index in [0.717, 1.165) is 37.6 Å². The number of aromatic nitrogens is 2. The van der Waals surface area contributed by atoms with E-state index < -0.39 is 0 Å². The van der Waals surface area contributed by atoms with Crippen LogP contribution in [0, 0.1) is 6.92 Å². The third kappa shape index (κ3) is 3.54. The lowest BCUT2D eigenvalue weighted by Gasteiger charge is -2.33. The van der Waals surface area contributed by atoms with Crippen LogP contribution in [0.15, 0.2) is 29.0 Å². The van der Waals surface area contributed by atoms with Gasteiger partial charge in [0.1, 0.15) is 5.76 Å². The monoisotopic (exact) mass is 288 g/mol. The number of H-pyrrole nitrogens is 1. The molecule has 0 radical (unpaired) electrons. The van der Waals surface area contributed by atoms with E-state index in [4.69, 9.17) is 4.42 Å². The molecule has 1 saturated heterocycles. The van der Waals surface area contributed by atoms with Crippen molar-refractivity contribution in [1.82, 2.24) is 20.4 Å². The van der Waals surface area contributed by atoms with E-state index in [1.54, 1.807) is 6.26 Å². The quantitative estimate of drug-likeness (QED) is 0.858. The van der Waals surface area contributed by atoms with Gasteiger partial charge in [-0.05, 0) is 45.0 Å². The number of nitrogens with zero attached hydrogens (tertiary/aromatic N) is 2. The predicted octanol–water partition coefficient (Wildman–Crippen LogP) is 2.63. The molecule has 5 nitrogen and oxygen atoms in total. The van der Waals surface area contributed by atoms with Crippen LogP contribution in [0.2, 0.25) is 0 Å². The van der Waals surface area contributed by atoms with Crippen LogP contribution in [0.1, 0.15) is 42.3 Å². The summed E-state index contributed by atoms with van der Waals surface area (Å²) in [6, 6.07) is 4.39. The maximum atomic E-state index is 5.66. The predicted molar refractivity (Wildman–Crippen MR) is 81.9 cm³/mol. The fourth-order valence-corrected chi connectivity index (χ4v) is 3.02. The van der Waals surface area contributed by atoms with E-state index in [1.807, 2.05) is 12.3 Å². The minimum atomic E-state index is 0.326. The first-order chi connectivity index (χ1) is 10.3. The molecule has 1 atom stereocenters. The number of piperidine rings is 1. The molecule has 1 fully saturated rings. The van der Waals surface area contributed by atoms with E-state index in [0.29, 0.717) is 6.04 Å². The van der Waals surface area contributed by atoms with Crippen LogP contribution in [0.4, 0.5) is 0 Å². The zero-order valence-electron chi connectivity index (χ0n) is 12.6. The summed E-state index contributed by atoms with van der Waals surface area (Å²) in [5.41, 5.74) is 2.36. The summed E-state index contributed by atoms with van der Waals surface area (Å²) < 4.78 is 5.66. The largest absolute Gasteiger partial charge is 0.468 e. The van der Waals surface area contributed by atoms with Gasteiger partial charge < -0.3 is 9.73 Å². The highest BCUT2D eigenvalue weighted by molar-refractivity contribution is 5.14. The lowest BCUT2D eigenvalue weighted by Crippen LogP contribution is -2.38. The summed E-state index contributed by atoms with van der Waals surface area (Å²) in [7, 11) is 0. The van der Waals surface area contributed by atoms with Crippen LogP contribution in [-0.4, -0.2) is 34.7 Å². The van der Waals surface area contributed by atoms with E-state index in [1.165, 1.54) is 24.8 Å². The summed E-state index contributed by atoms with van der Waals surface area (Å²) in [5.74, 6) is 1.06. The van der Waals surface area contributed by atoms with Gasteiger partial charge in [-0.15, -0.1) is 0 Å². The molecule has 2 aromatic rings. The van der Waals surface area contributed by atoms with Crippen LogP contribution in [-0.2, 0) is 6.54 Å². The molecule has 0 aliphatic carbocycles. The summed E-state index contributed by atoms with van der Waals surface area (Å²) in [4.78, 5) is 2.54. The van der Waals surface area contributed by atoms with Crippen molar-refractivity contribution in [2.24, 2.45) is 0 Å². The molecule has 5 heteroatoms. The number of hydrogen-bond acceptors (Lipinski definition) is 4. The Hall–Kier alpha value is -1.59. The maximum Gasteiger partial charge on any atom is 0.122 e. The lowest BCUT2D eigenvalue weighted by molar-refractivity contribution is 0.142. The van der Waals surface area contributed by atoms with Crippen molar-refractivity contribution >= 4 is 0 Å².